The molecule has 1 N–H and O–H groups in total. The van der Waals surface area contributed by atoms with Crippen molar-refractivity contribution in [1.29, 1.82) is 0 Å². The predicted molar refractivity (Wildman–Crippen MR) is 84.5 cm³/mol. The molecule has 1 aromatic rings. The highest BCUT2D eigenvalue weighted by Gasteiger charge is 2.20. The first-order valence-corrected chi connectivity index (χ1v) is 7.68. The number of likely N-dealkylation sites (N-methyl/N-ethyl adjacent to an activating group) is 1. The lowest BCUT2D eigenvalue weighted by Gasteiger charge is -2.34. The van der Waals surface area contributed by atoms with Crippen LogP contribution in [0.1, 0.15) is 51.6 Å². The number of nitrogens with one attached hydrogen (secondary N) is 1. The van der Waals surface area contributed by atoms with Crippen LogP contribution in [-0.4, -0.2) is 31.1 Å². The van der Waals surface area contributed by atoms with Crippen molar-refractivity contribution >= 4 is 0 Å². The summed E-state index contributed by atoms with van der Waals surface area (Å²) in [5.74, 6) is 0. The molecule has 0 fully saturated rings. The smallest absolute Gasteiger partial charge is 0.0472 e. The fourth-order valence-corrected chi connectivity index (χ4v) is 2.52. The van der Waals surface area contributed by atoms with Crippen molar-refractivity contribution in [3.05, 3.63) is 35.9 Å². The Morgan fingerprint density at radius 2 is 1.79 bits per heavy atom. The second kappa shape index (κ2) is 9.11. The topological polar surface area (TPSA) is 15.3 Å². The van der Waals surface area contributed by atoms with E-state index in [1.807, 2.05) is 0 Å². The zero-order chi connectivity index (χ0) is 14.1. The Bertz CT molecular complexity index is 323. The molecule has 0 aliphatic carbocycles. The van der Waals surface area contributed by atoms with Crippen LogP contribution in [-0.2, 0) is 0 Å². The minimum atomic E-state index is 0.467. The van der Waals surface area contributed by atoms with Gasteiger partial charge in [-0.1, -0.05) is 50.6 Å². The number of benzene rings is 1. The third kappa shape index (κ3) is 5.33. The van der Waals surface area contributed by atoms with Crippen LogP contribution in [0, 0.1) is 0 Å². The van der Waals surface area contributed by atoms with Gasteiger partial charge in [-0.25, -0.2) is 0 Å². The molecule has 0 heterocycles. The van der Waals surface area contributed by atoms with Crippen LogP contribution < -0.4 is 5.32 Å². The van der Waals surface area contributed by atoms with E-state index in [4.69, 9.17) is 0 Å². The summed E-state index contributed by atoms with van der Waals surface area (Å²) < 4.78 is 0. The van der Waals surface area contributed by atoms with Gasteiger partial charge in [0, 0.05) is 18.6 Å². The Hall–Kier alpha value is -0.860. The Balaban J connectivity index is 2.74. The number of hydrogen-bond acceptors (Lipinski definition) is 2. The summed E-state index contributed by atoms with van der Waals surface area (Å²) in [6.45, 7) is 8.94. The number of rotatable bonds is 9. The lowest BCUT2D eigenvalue weighted by Crippen LogP contribution is -2.38. The zero-order valence-corrected chi connectivity index (χ0v) is 13.0. The summed E-state index contributed by atoms with van der Waals surface area (Å²) in [5.41, 5.74) is 1.41. The molecule has 0 spiro atoms. The van der Waals surface area contributed by atoms with E-state index in [2.05, 4.69) is 68.4 Å². The van der Waals surface area contributed by atoms with Gasteiger partial charge in [0.15, 0.2) is 0 Å². The van der Waals surface area contributed by atoms with Crippen LogP contribution in [0.3, 0.4) is 0 Å². The van der Waals surface area contributed by atoms with E-state index in [0.29, 0.717) is 12.1 Å². The summed E-state index contributed by atoms with van der Waals surface area (Å²) in [5, 5.41) is 3.57. The minimum absolute atomic E-state index is 0.467. The van der Waals surface area contributed by atoms with Crippen molar-refractivity contribution < 1.29 is 0 Å². The first kappa shape index (κ1) is 16.2. The standard InChI is InChI=1S/C17H30N2/c1-5-10-15(3)19(4)17(14-18-13-6-2)16-11-8-7-9-12-16/h7-9,11-12,15,17-18H,5-6,10,13-14H2,1-4H3. The highest BCUT2D eigenvalue weighted by Crippen LogP contribution is 2.22. The van der Waals surface area contributed by atoms with Gasteiger partial charge in [0.1, 0.15) is 0 Å². The van der Waals surface area contributed by atoms with E-state index in [1.54, 1.807) is 0 Å². The van der Waals surface area contributed by atoms with E-state index >= 15 is 0 Å². The van der Waals surface area contributed by atoms with Crippen molar-refractivity contribution in [3.63, 3.8) is 0 Å². The molecular weight excluding hydrogens is 232 g/mol. The monoisotopic (exact) mass is 262 g/mol. The normalized spacial score (nSPS) is 14.6. The first-order chi connectivity index (χ1) is 9.20. The van der Waals surface area contributed by atoms with Crippen LogP contribution in [0.2, 0.25) is 0 Å². The molecule has 1 rings (SSSR count). The van der Waals surface area contributed by atoms with Gasteiger partial charge in [0.25, 0.3) is 0 Å². The fourth-order valence-electron chi connectivity index (χ4n) is 2.52. The predicted octanol–water partition coefficient (Wildman–Crippen LogP) is 3.85. The molecule has 0 saturated heterocycles. The Morgan fingerprint density at radius 3 is 2.37 bits per heavy atom. The average molecular weight is 262 g/mol. The lowest BCUT2D eigenvalue weighted by atomic mass is 10.0. The van der Waals surface area contributed by atoms with Gasteiger partial charge in [-0.15, -0.1) is 0 Å². The maximum Gasteiger partial charge on any atom is 0.0472 e. The average Bonchev–Trinajstić information content (AvgIpc) is 2.44. The molecule has 0 radical (unpaired) electrons. The summed E-state index contributed by atoms with van der Waals surface area (Å²) in [4.78, 5) is 2.52. The molecule has 0 aliphatic rings. The van der Waals surface area contributed by atoms with Crippen LogP contribution in [0.4, 0.5) is 0 Å². The second-order valence-corrected chi connectivity index (χ2v) is 5.43. The number of nitrogens with zero attached hydrogens (tertiary/aromatic N) is 1. The van der Waals surface area contributed by atoms with Gasteiger partial charge < -0.3 is 5.32 Å². The van der Waals surface area contributed by atoms with E-state index in [0.717, 1.165) is 13.1 Å². The van der Waals surface area contributed by atoms with Gasteiger partial charge in [-0.05, 0) is 38.9 Å². The van der Waals surface area contributed by atoms with Gasteiger partial charge in [0.2, 0.25) is 0 Å². The third-order valence-electron chi connectivity index (χ3n) is 3.84. The van der Waals surface area contributed by atoms with Gasteiger partial charge in [-0.2, -0.15) is 0 Å². The molecule has 0 amide bonds. The van der Waals surface area contributed by atoms with Crippen LogP contribution in [0.5, 0.6) is 0 Å². The third-order valence-corrected chi connectivity index (χ3v) is 3.84. The highest BCUT2D eigenvalue weighted by atomic mass is 15.2. The SMILES string of the molecule is CCCNCC(c1ccccc1)N(C)C(C)CCC. The van der Waals surface area contributed by atoms with Gasteiger partial charge >= 0.3 is 0 Å². The summed E-state index contributed by atoms with van der Waals surface area (Å²) in [7, 11) is 2.26. The van der Waals surface area contributed by atoms with Crippen LogP contribution in [0.25, 0.3) is 0 Å². The molecule has 0 saturated carbocycles. The molecule has 0 bridgehead atoms. The minimum Gasteiger partial charge on any atom is -0.315 e. The molecule has 108 valence electrons. The van der Waals surface area contributed by atoms with E-state index < -0.39 is 0 Å². The van der Waals surface area contributed by atoms with Crippen LogP contribution in [0.15, 0.2) is 30.3 Å². The zero-order valence-electron chi connectivity index (χ0n) is 13.0. The quantitative estimate of drug-likeness (QED) is 0.680. The molecule has 2 atom stereocenters. The van der Waals surface area contributed by atoms with Crippen molar-refractivity contribution in [2.45, 2.75) is 52.1 Å². The molecule has 2 nitrogen and oxygen atoms in total. The molecular formula is C17H30N2. The second-order valence-electron chi connectivity index (χ2n) is 5.43. The molecule has 0 aromatic heterocycles. The largest absolute Gasteiger partial charge is 0.315 e. The van der Waals surface area contributed by atoms with Crippen LogP contribution >= 0.6 is 0 Å². The van der Waals surface area contributed by atoms with Gasteiger partial charge in [0.05, 0.1) is 0 Å². The Labute approximate surface area is 119 Å². The van der Waals surface area contributed by atoms with Crippen molar-refractivity contribution in [1.82, 2.24) is 10.2 Å². The lowest BCUT2D eigenvalue weighted by molar-refractivity contribution is 0.172. The fraction of sp³-hybridized carbons (Fsp3) is 0.647. The van der Waals surface area contributed by atoms with E-state index in [-0.39, 0.29) is 0 Å². The number of hydrogen-bond donors (Lipinski definition) is 1. The molecule has 2 unspecified atom stereocenters. The molecule has 1 aromatic carbocycles. The van der Waals surface area contributed by atoms with E-state index in [1.165, 1.54) is 24.8 Å². The maximum atomic E-state index is 3.57. The van der Waals surface area contributed by atoms with Crippen molar-refractivity contribution in [2.75, 3.05) is 20.1 Å². The summed E-state index contributed by atoms with van der Waals surface area (Å²) >= 11 is 0. The Kier molecular flexibility index (Phi) is 7.76. The van der Waals surface area contributed by atoms with Crippen molar-refractivity contribution in [3.8, 4) is 0 Å². The van der Waals surface area contributed by atoms with Crippen molar-refractivity contribution in [2.24, 2.45) is 0 Å². The first-order valence-electron chi connectivity index (χ1n) is 7.68. The molecule has 0 aliphatic heterocycles. The maximum absolute atomic E-state index is 3.57. The molecule has 2 heteroatoms. The molecule has 19 heavy (non-hydrogen) atoms. The Morgan fingerprint density at radius 1 is 1.11 bits per heavy atom. The van der Waals surface area contributed by atoms with Gasteiger partial charge in [-0.3, -0.25) is 4.90 Å². The summed E-state index contributed by atoms with van der Waals surface area (Å²) in [6, 6.07) is 11.9. The van der Waals surface area contributed by atoms with E-state index in [9.17, 15) is 0 Å². The summed E-state index contributed by atoms with van der Waals surface area (Å²) in [6.07, 6.45) is 3.69. The highest BCUT2D eigenvalue weighted by molar-refractivity contribution is 5.19.